The van der Waals surface area contributed by atoms with Gasteiger partial charge in [-0.3, -0.25) is 28.8 Å². The minimum atomic E-state index is -3.87. The summed E-state index contributed by atoms with van der Waals surface area (Å²) in [6.07, 6.45) is 9.67. The number of nitrogens with one attached hydrogen (secondary N) is 1. The Hall–Kier alpha value is -4.08. The first-order valence-electron chi connectivity index (χ1n) is 23.9. The maximum absolute atomic E-state index is 15.1. The van der Waals surface area contributed by atoms with E-state index >= 15 is 4.79 Å². The highest BCUT2D eigenvalue weighted by molar-refractivity contribution is 7.90. The number of rotatable bonds is 12. The van der Waals surface area contributed by atoms with Gasteiger partial charge in [0, 0.05) is 37.9 Å². The van der Waals surface area contributed by atoms with Gasteiger partial charge in [0.05, 0.1) is 66.5 Å². The van der Waals surface area contributed by atoms with Crippen molar-refractivity contribution >= 4 is 44.5 Å². The quantitative estimate of drug-likeness (QED) is 0.143. The number of carbonyl (C=O) groups is 4. The van der Waals surface area contributed by atoms with Crippen molar-refractivity contribution in [2.75, 3.05) is 46.0 Å². The van der Waals surface area contributed by atoms with Gasteiger partial charge in [0.1, 0.15) is 18.0 Å². The zero-order valence-electron chi connectivity index (χ0n) is 38.0. The number of esters is 1. The fraction of sp³-hybridized carbons (Fsp3) is 0.694. The van der Waals surface area contributed by atoms with Crippen LogP contribution in [-0.4, -0.2) is 116 Å². The monoisotopic (exact) mass is 904 g/mol. The maximum atomic E-state index is 15.1. The molecule has 64 heavy (non-hydrogen) atoms. The number of morpholine rings is 1. The number of ketones is 1. The number of ether oxygens (including phenoxy) is 4. The van der Waals surface area contributed by atoms with Crippen LogP contribution in [-0.2, 0) is 45.1 Å². The smallest absolute Gasteiger partial charge is 0.306 e. The number of carbonyl (C=O) groups excluding carboxylic acids is 4. The zero-order chi connectivity index (χ0) is 45.2. The van der Waals surface area contributed by atoms with Gasteiger partial charge in [0.2, 0.25) is 27.7 Å². The average Bonchev–Trinajstić information content (AvgIpc) is 4.16. The van der Waals surface area contributed by atoms with E-state index < -0.39 is 62.0 Å². The Morgan fingerprint density at radius 1 is 1.02 bits per heavy atom. The molecule has 1 aromatic heterocycles. The lowest BCUT2D eigenvalue weighted by Gasteiger charge is -2.35. The Balaban J connectivity index is 1.12. The molecule has 14 nitrogen and oxygen atoms in total. The lowest BCUT2D eigenvalue weighted by molar-refractivity contribution is -0.158. The van der Waals surface area contributed by atoms with Crippen LogP contribution >= 0.6 is 0 Å². The van der Waals surface area contributed by atoms with E-state index in [-0.39, 0.29) is 55.9 Å². The van der Waals surface area contributed by atoms with E-state index in [0.29, 0.717) is 37.3 Å². The standard InChI is InChI=1S/C49H68N4O10S/c1-5-33-29-49(33,47(57)51-64(58,59)35-19-20-35)30-41(54)40-27-34-31-53(40)46(56)38(48(2,3)4)28-43(55)63-42-18-11-14-32(42)13-7-6-8-16-37-44(61-24-12-21-52-22-25-60-26-23-52)36-15-9-10-17-39(36)50-45(37)62-34/h5,9-10,15,17,32-35,38,40,42H,1,6-8,11-14,16,18-31H2,2-4H3,(H,51,57)/t32-,33-,34-,38-,40+,42-,49-/m1/s1. The summed E-state index contributed by atoms with van der Waals surface area (Å²) in [6, 6.07) is 6.87. The Labute approximate surface area is 378 Å². The van der Waals surface area contributed by atoms with Gasteiger partial charge in [0.25, 0.3) is 0 Å². The molecule has 3 saturated carbocycles. The van der Waals surface area contributed by atoms with Crippen molar-refractivity contribution in [3.05, 3.63) is 42.5 Å². The van der Waals surface area contributed by atoms with E-state index in [1.54, 1.807) is 11.0 Å². The van der Waals surface area contributed by atoms with E-state index in [4.69, 9.17) is 23.9 Å². The fourth-order valence-corrected chi connectivity index (χ4v) is 12.0. The maximum Gasteiger partial charge on any atom is 0.306 e. The summed E-state index contributed by atoms with van der Waals surface area (Å²) in [6.45, 7) is 14.3. The molecule has 2 bridgehead atoms. The number of pyridine rings is 1. The van der Waals surface area contributed by atoms with Crippen molar-refractivity contribution in [3.8, 4) is 11.6 Å². The van der Waals surface area contributed by atoms with Crippen LogP contribution in [0.25, 0.3) is 10.9 Å². The molecule has 2 aromatic rings. The number of hydrogen-bond donors (Lipinski definition) is 1. The van der Waals surface area contributed by atoms with Gasteiger partial charge >= 0.3 is 5.97 Å². The second kappa shape index (κ2) is 19.4. The van der Waals surface area contributed by atoms with Crippen molar-refractivity contribution in [1.29, 1.82) is 0 Å². The van der Waals surface area contributed by atoms with Crippen LogP contribution in [0.1, 0.15) is 116 Å². The van der Waals surface area contributed by atoms with Crippen LogP contribution in [0, 0.1) is 28.6 Å². The summed E-state index contributed by atoms with van der Waals surface area (Å²) in [5, 5.41) is 0.284. The van der Waals surface area contributed by atoms with Crippen LogP contribution in [0.15, 0.2) is 36.9 Å². The molecular weight excluding hydrogens is 837 g/mol. The number of hydrogen-bond acceptors (Lipinski definition) is 12. The molecule has 1 aromatic carbocycles. The number of benzene rings is 1. The second-order valence-electron chi connectivity index (χ2n) is 20.3. The molecular formula is C49H68N4O10S. The van der Waals surface area contributed by atoms with Crippen LogP contribution in [0.4, 0.5) is 0 Å². The molecule has 2 amide bonds. The summed E-state index contributed by atoms with van der Waals surface area (Å²) in [4.78, 5) is 66.5. The first kappa shape index (κ1) is 46.4. The van der Waals surface area contributed by atoms with Gasteiger partial charge in [0.15, 0.2) is 5.78 Å². The van der Waals surface area contributed by atoms with E-state index in [1.165, 1.54) is 0 Å². The number of amides is 2. The lowest BCUT2D eigenvalue weighted by atomic mass is 9.77. The Bertz CT molecular complexity index is 2180. The summed E-state index contributed by atoms with van der Waals surface area (Å²) in [5.41, 5.74) is -0.407. The number of Topliss-reactive ketones (excluding diaryl/α,β-unsaturated/α-hetero) is 1. The number of fused-ring (bicyclic) bond motifs is 5. The van der Waals surface area contributed by atoms with Gasteiger partial charge in [-0.15, -0.1) is 6.58 Å². The van der Waals surface area contributed by atoms with Gasteiger partial charge in [-0.05, 0) is 93.6 Å². The minimum absolute atomic E-state index is 0.0470. The molecule has 5 fully saturated rings. The highest BCUT2D eigenvalue weighted by Crippen LogP contribution is 2.57. The van der Waals surface area contributed by atoms with Crippen molar-refractivity contribution < 1.29 is 46.5 Å². The fourth-order valence-electron chi connectivity index (χ4n) is 10.6. The third-order valence-corrected chi connectivity index (χ3v) is 16.5. The summed E-state index contributed by atoms with van der Waals surface area (Å²) >= 11 is 0. The Morgan fingerprint density at radius 3 is 2.52 bits per heavy atom. The van der Waals surface area contributed by atoms with Crippen molar-refractivity contribution in [2.45, 2.75) is 141 Å². The lowest BCUT2D eigenvalue weighted by Crippen LogP contribution is -2.48. The predicted octanol–water partition coefficient (Wildman–Crippen LogP) is 6.32. The van der Waals surface area contributed by atoms with Crippen molar-refractivity contribution in [2.24, 2.45) is 28.6 Å². The average molecular weight is 905 g/mol. The second-order valence-corrected chi connectivity index (χ2v) is 22.3. The van der Waals surface area contributed by atoms with E-state index in [9.17, 15) is 22.8 Å². The molecule has 15 heteroatoms. The minimum Gasteiger partial charge on any atom is -0.492 e. The highest BCUT2D eigenvalue weighted by atomic mass is 32.2. The number of aromatic nitrogens is 1. The molecule has 2 saturated heterocycles. The molecule has 4 heterocycles. The summed E-state index contributed by atoms with van der Waals surface area (Å²) in [7, 11) is -3.87. The SMILES string of the molecule is C=C[C@@H]1C[C@]1(CC(=O)[C@@H]1C[C@@H]2CN1C(=O)[C@H](C(C)(C)C)CC(=O)O[C@@H]1CCC[C@H]1CCCCCc1c(nc3ccccc3c1OCCCN1CCOCC1)O2)C(=O)NS(=O)(=O)C1CC1. The predicted molar refractivity (Wildman–Crippen MR) is 241 cm³/mol. The molecule has 3 aliphatic heterocycles. The van der Waals surface area contributed by atoms with Gasteiger partial charge < -0.3 is 23.8 Å². The Kier molecular flexibility index (Phi) is 14.1. The van der Waals surface area contributed by atoms with Crippen LogP contribution in [0.3, 0.4) is 0 Å². The third kappa shape index (κ3) is 10.5. The molecule has 0 radical (unpaired) electrons. The van der Waals surface area contributed by atoms with Crippen molar-refractivity contribution in [3.63, 3.8) is 0 Å². The topological polar surface area (TPSA) is 171 Å². The normalized spacial score (nSPS) is 29.7. The van der Waals surface area contributed by atoms with Gasteiger partial charge in [-0.25, -0.2) is 13.4 Å². The number of nitrogens with zero attached hydrogens (tertiary/aromatic N) is 3. The molecule has 0 spiro atoms. The molecule has 8 rings (SSSR count). The third-order valence-electron chi connectivity index (χ3n) is 14.7. The van der Waals surface area contributed by atoms with E-state index in [1.807, 2.05) is 45.0 Å². The molecule has 6 aliphatic rings. The molecule has 0 unspecified atom stereocenters. The van der Waals surface area contributed by atoms with E-state index in [0.717, 1.165) is 101 Å². The van der Waals surface area contributed by atoms with Gasteiger partial charge in [-0.2, -0.15) is 0 Å². The highest BCUT2D eigenvalue weighted by Gasteiger charge is 2.61. The first-order chi connectivity index (χ1) is 30.7. The van der Waals surface area contributed by atoms with E-state index in [2.05, 4.69) is 16.2 Å². The number of sulfonamides is 1. The number of para-hydroxylation sites is 1. The van der Waals surface area contributed by atoms with Crippen LogP contribution in [0.2, 0.25) is 0 Å². The summed E-state index contributed by atoms with van der Waals surface area (Å²) in [5.74, 6) is -1.66. The molecule has 3 aliphatic carbocycles. The number of allylic oxidation sites excluding steroid dienone is 1. The van der Waals surface area contributed by atoms with Crippen molar-refractivity contribution in [1.82, 2.24) is 19.5 Å². The summed E-state index contributed by atoms with van der Waals surface area (Å²) < 4.78 is 53.5. The largest absolute Gasteiger partial charge is 0.492 e. The molecule has 350 valence electrons. The Morgan fingerprint density at radius 2 is 1.78 bits per heavy atom. The van der Waals surface area contributed by atoms with Gasteiger partial charge in [-0.1, -0.05) is 51.8 Å². The zero-order valence-corrected chi connectivity index (χ0v) is 38.8. The first-order valence-corrected chi connectivity index (χ1v) is 25.4. The van der Waals surface area contributed by atoms with Crippen LogP contribution in [0.5, 0.6) is 11.6 Å². The molecule has 1 N–H and O–H groups in total. The van der Waals surface area contributed by atoms with Crippen LogP contribution < -0.4 is 14.2 Å². The molecule has 7 atom stereocenters.